The van der Waals surface area contributed by atoms with Crippen molar-refractivity contribution < 1.29 is 0 Å². The minimum Gasteiger partial charge on any atom is -0.328 e. The van der Waals surface area contributed by atoms with Crippen molar-refractivity contribution in [3.63, 3.8) is 0 Å². The van der Waals surface area contributed by atoms with Gasteiger partial charge in [-0.15, -0.1) is 0 Å². The molecule has 2 radical (unpaired) electrons. The van der Waals surface area contributed by atoms with Crippen LogP contribution in [0.1, 0.15) is 26.2 Å². The van der Waals surface area contributed by atoms with Crippen LogP contribution in [0.25, 0.3) is 0 Å². The van der Waals surface area contributed by atoms with Crippen LogP contribution in [0.5, 0.6) is 0 Å². The van der Waals surface area contributed by atoms with Crippen LogP contribution in [0.15, 0.2) is 0 Å². The molecule has 46 valence electrons. The van der Waals surface area contributed by atoms with Gasteiger partial charge in [-0.3, -0.25) is 0 Å². The molecule has 0 aromatic carbocycles. The van der Waals surface area contributed by atoms with Gasteiger partial charge in [0.1, 0.15) is 0 Å². The number of nitrogens with two attached hydrogens (primary N) is 1. The lowest BCUT2D eigenvalue weighted by molar-refractivity contribution is 0.586. The molecule has 1 atom stereocenters. The summed E-state index contributed by atoms with van der Waals surface area (Å²) in [7, 11) is 5.28. The van der Waals surface area contributed by atoms with Gasteiger partial charge in [-0.25, -0.2) is 0 Å². The van der Waals surface area contributed by atoms with E-state index in [-0.39, 0.29) is 0 Å². The minimum absolute atomic E-state index is 0.374. The Labute approximate surface area is 53.1 Å². The summed E-state index contributed by atoms with van der Waals surface area (Å²) in [6.07, 6.45) is 3.98. The first-order valence-corrected chi connectivity index (χ1v) is 3.27. The molecule has 0 aromatic rings. The highest BCUT2D eigenvalue weighted by molar-refractivity contribution is 6.08. The molecule has 0 bridgehead atoms. The second-order valence-corrected chi connectivity index (χ2v) is 2.10. The van der Waals surface area contributed by atoms with Crippen molar-refractivity contribution in [1.82, 2.24) is 0 Å². The van der Waals surface area contributed by atoms with Crippen molar-refractivity contribution in [3.8, 4) is 0 Å². The molecule has 1 unspecified atom stereocenters. The van der Waals surface area contributed by atoms with E-state index in [1.54, 1.807) is 0 Å². The SMILES string of the molecule is [B]CCCC(N)CC. The first-order chi connectivity index (χ1) is 3.81. The molecule has 0 heterocycles. The second-order valence-electron chi connectivity index (χ2n) is 2.10. The third kappa shape index (κ3) is 4.19. The molecule has 0 aliphatic carbocycles. The first kappa shape index (κ1) is 8.02. The maximum absolute atomic E-state index is 5.60. The third-order valence-electron chi connectivity index (χ3n) is 1.30. The quantitative estimate of drug-likeness (QED) is 0.540. The molecular weight excluding hydrogens is 96.9 g/mol. The lowest BCUT2D eigenvalue weighted by Gasteiger charge is -2.05. The van der Waals surface area contributed by atoms with E-state index in [4.69, 9.17) is 13.6 Å². The van der Waals surface area contributed by atoms with Gasteiger partial charge in [-0.2, -0.15) is 0 Å². The Kier molecular flexibility index (Phi) is 5.18. The fraction of sp³-hybridized carbons (Fsp3) is 1.00. The monoisotopic (exact) mass is 111 g/mol. The van der Waals surface area contributed by atoms with E-state index in [2.05, 4.69) is 6.92 Å². The van der Waals surface area contributed by atoms with Gasteiger partial charge in [0.15, 0.2) is 0 Å². The molecule has 0 aliphatic rings. The molecule has 0 rings (SSSR count). The van der Waals surface area contributed by atoms with Gasteiger partial charge in [0.25, 0.3) is 0 Å². The average molecular weight is 111 g/mol. The van der Waals surface area contributed by atoms with Gasteiger partial charge in [-0.1, -0.05) is 19.7 Å². The number of rotatable bonds is 4. The predicted molar refractivity (Wildman–Crippen MR) is 38.1 cm³/mol. The highest BCUT2D eigenvalue weighted by atomic mass is 14.6. The molecule has 0 saturated carbocycles. The van der Waals surface area contributed by atoms with Gasteiger partial charge < -0.3 is 5.73 Å². The van der Waals surface area contributed by atoms with Gasteiger partial charge in [0.05, 0.1) is 7.85 Å². The van der Waals surface area contributed by atoms with Gasteiger partial charge in [0, 0.05) is 6.04 Å². The van der Waals surface area contributed by atoms with Crippen LogP contribution in [-0.2, 0) is 0 Å². The lowest BCUT2D eigenvalue weighted by atomic mass is 9.97. The fourth-order valence-electron chi connectivity index (χ4n) is 0.584. The average Bonchev–Trinajstić information content (AvgIpc) is 1.83. The van der Waals surface area contributed by atoms with Gasteiger partial charge in [0.2, 0.25) is 0 Å². The third-order valence-corrected chi connectivity index (χ3v) is 1.30. The fourth-order valence-corrected chi connectivity index (χ4v) is 0.584. The zero-order chi connectivity index (χ0) is 6.41. The van der Waals surface area contributed by atoms with Gasteiger partial charge >= 0.3 is 0 Å². The summed E-state index contributed by atoms with van der Waals surface area (Å²) in [5.74, 6) is 0. The standard InChI is InChI=1S/C6H14BN/c1-2-6(8)4-3-5-7/h6H,2-5,8H2,1H3. The van der Waals surface area contributed by atoms with Crippen molar-refractivity contribution in [3.05, 3.63) is 0 Å². The van der Waals surface area contributed by atoms with E-state index in [1.807, 2.05) is 0 Å². The first-order valence-electron chi connectivity index (χ1n) is 3.27. The molecule has 0 aliphatic heterocycles. The molecule has 0 spiro atoms. The summed E-state index contributed by atoms with van der Waals surface area (Å²) in [5, 5.41) is 0. The minimum atomic E-state index is 0.374. The molecule has 1 nitrogen and oxygen atoms in total. The van der Waals surface area contributed by atoms with Crippen molar-refractivity contribution >= 4 is 7.85 Å². The molecule has 0 amide bonds. The van der Waals surface area contributed by atoms with Crippen LogP contribution in [0.4, 0.5) is 0 Å². The van der Waals surface area contributed by atoms with E-state index in [0.29, 0.717) is 6.04 Å². The van der Waals surface area contributed by atoms with E-state index < -0.39 is 0 Å². The second kappa shape index (κ2) is 5.17. The van der Waals surface area contributed by atoms with Gasteiger partial charge in [-0.05, 0) is 12.8 Å². The highest BCUT2D eigenvalue weighted by Gasteiger charge is 1.94. The molecule has 0 saturated heterocycles. The zero-order valence-electron chi connectivity index (χ0n) is 5.56. The van der Waals surface area contributed by atoms with E-state index in [0.717, 1.165) is 25.6 Å². The number of hydrogen-bond acceptors (Lipinski definition) is 1. The Morgan fingerprint density at radius 3 is 2.62 bits per heavy atom. The van der Waals surface area contributed by atoms with Crippen LogP contribution < -0.4 is 5.73 Å². The summed E-state index contributed by atoms with van der Waals surface area (Å²) < 4.78 is 0. The molecule has 2 N–H and O–H groups in total. The Balaban J connectivity index is 2.86. The summed E-state index contributed by atoms with van der Waals surface area (Å²) in [6.45, 7) is 2.10. The Morgan fingerprint density at radius 2 is 2.25 bits per heavy atom. The van der Waals surface area contributed by atoms with Crippen LogP contribution >= 0.6 is 0 Å². The molecule has 0 fully saturated rings. The topological polar surface area (TPSA) is 26.0 Å². The summed E-state index contributed by atoms with van der Waals surface area (Å²) in [4.78, 5) is 0. The molecule has 8 heavy (non-hydrogen) atoms. The zero-order valence-corrected chi connectivity index (χ0v) is 5.56. The molecule has 2 heteroatoms. The predicted octanol–water partition coefficient (Wildman–Crippen LogP) is 1.09. The van der Waals surface area contributed by atoms with Crippen molar-refractivity contribution in [2.75, 3.05) is 0 Å². The van der Waals surface area contributed by atoms with Crippen LogP contribution in [0, 0.1) is 0 Å². The van der Waals surface area contributed by atoms with Crippen LogP contribution in [0.2, 0.25) is 6.32 Å². The molecular formula is C6H14BN. The Morgan fingerprint density at radius 1 is 1.62 bits per heavy atom. The normalized spacial score (nSPS) is 13.8. The van der Waals surface area contributed by atoms with E-state index in [9.17, 15) is 0 Å². The lowest BCUT2D eigenvalue weighted by Crippen LogP contribution is -2.17. The summed E-state index contributed by atoms with van der Waals surface area (Å²) >= 11 is 0. The maximum Gasteiger partial charge on any atom is 0.0653 e. The summed E-state index contributed by atoms with van der Waals surface area (Å²) in [5.41, 5.74) is 5.60. The summed E-state index contributed by atoms with van der Waals surface area (Å²) in [6, 6.07) is 0.374. The van der Waals surface area contributed by atoms with E-state index in [1.165, 1.54) is 0 Å². The molecule has 0 aromatic heterocycles. The smallest absolute Gasteiger partial charge is 0.0653 e. The van der Waals surface area contributed by atoms with Crippen LogP contribution in [0.3, 0.4) is 0 Å². The largest absolute Gasteiger partial charge is 0.328 e. The van der Waals surface area contributed by atoms with Crippen molar-refractivity contribution in [2.24, 2.45) is 5.73 Å². The van der Waals surface area contributed by atoms with Crippen molar-refractivity contribution in [2.45, 2.75) is 38.5 Å². The number of hydrogen-bond donors (Lipinski definition) is 1. The Bertz CT molecular complexity index is 47.8. The van der Waals surface area contributed by atoms with Crippen molar-refractivity contribution in [1.29, 1.82) is 0 Å². The highest BCUT2D eigenvalue weighted by Crippen LogP contribution is 1.99. The van der Waals surface area contributed by atoms with Crippen LogP contribution in [-0.4, -0.2) is 13.9 Å². The maximum atomic E-state index is 5.60. The Hall–Kier alpha value is 0.0249. The van der Waals surface area contributed by atoms with E-state index >= 15 is 0 Å².